The number of hydrogen-bond donors (Lipinski definition) is 0. The van der Waals surface area contributed by atoms with Crippen LogP contribution in [0.3, 0.4) is 0 Å². The van der Waals surface area contributed by atoms with Gasteiger partial charge >= 0.3 is 0 Å². The molecular weight excluding hydrogens is 820 g/mol. The van der Waals surface area contributed by atoms with Crippen molar-refractivity contribution < 1.29 is 0 Å². The molecule has 9 aromatic carbocycles. The Balaban J connectivity index is 1.23. The van der Waals surface area contributed by atoms with Crippen LogP contribution in [0.25, 0.3) is 88.4 Å². The normalized spacial score (nSPS) is 15.1. The highest BCUT2D eigenvalue weighted by molar-refractivity contribution is 7.01. The van der Waals surface area contributed by atoms with E-state index in [1.165, 1.54) is 138 Å². The van der Waals surface area contributed by atoms with E-state index >= 15 is 0 Å². The van der Waals surface area contributed by atoms with E-state index in [2.05, 4.69) is 227 Å². The molecule has 3 heteroatoms. The van der Waals surface area contributed by atoms with Crippen molar-refractivity contribution >= 4 is 66.6 Å². The van der Waals surface area contributed by atoms with Gasteiger partial charge in [0.1, 0.15) is 0 Å². The zero-order chi connectivity index (χ0) is 45.5. The summed E-state index contributed by atoms with van der Waals surface area (Å²) in [6.07, 6.45) is 0. The van der Waals surface area contributed by atoms with E-state index in [-0.39, 0.29) is 6.71 Å². The Morgan fingerprint density at radius 2 is 1.01 bits per heavy atom. The number of nitrogens with zero attached hydrogens (tertiary/aromatic N) is 2. The highest BCUT2D eigenvalue weighted by Gasteiger charge is 2.55. The molecule has 1 spiro atoms. The topological polar surface area (TPSA) is 9.86 Å². The van der Waals surface area contributed by atoms with Gasteiger partial charge in [0.2, 0.25) is 0 Å². The van der Waals surface area contributed by atoms with Crippen LogP contribution in [0.4, 0.5) is 0 Å². The Kier molecular flexibility index (Phi) is 7.64. The summed E-state index contributed by atoms with van der Waals surface area (Å²) in [5.74, 6) is 1.72. The number of benzene rings is 9. The Bertz CT molecular complexity index is 3970. The van der Waals surface area contributed by atoms with E-state index in [1.807, 2.05) is 0 Å². The molecule has 0 radical (unpaired) electrons. The van der Waals surface area contributed by atoms with Crippen LogP contribution >= 0.6 is 0 Å². The van der Waals surface area contributed by atoms with Crippen LogP contribution in [0.5, 0.6) is 0 Å². The van der Waals surface area contributed by atoms with Gasteiger partial charge in [0, 0.05) is 38.6 Å². The summed E-state index contributed by atoms with van der Waals surface area (Å²) < 4.78 is 5.50. The van der Waals surface area contributed by atoms with Crippen LogP contribution in [-0.4, -0.2) is 15.8 Å². The molecule has 4 aliphatic rings. The minimum atomic E-state index is -0.536. The number of rotatable bonds is 6. The van der Waals surface area contributed by atoms with Crippen molar-refractivity contribution in [2.24, 2.45) is 11.8 Å². The molecule has 0 saturated heterocycles. The lowest BCUT2D eigenvalue weighted by Crippen LogP contribution is -2.60. The molecule has 1 aliphatic carbocycles. The third-order valence-electron chi connectivity index (χ3n) is 17.5. The van der Waals surface area contributed by atoms with Crippen LogP contribution in [0.2, 0.25) is 0 Å². The van der Waals surface area contributed by atoms with E-state index in [0.717, 1.165) is 0 Å². The molecule has 2 unspecified atom stereocenters. The second-order valence-corrected chi connectivity index (χ2v) is 21.2. The van der Waals surface area contributed by atoms with Crippen molar-refractivity contribution in [3.8, 4) is 44.9 Å². The monoisotopic (exact) mass is 870 g/mol. The van der Waals surface area contributed by atoms with E-state index in [9.17, 15) is 0 Å². The summed E-state index contributed by atoms with van der Waals surface area (Å²) in [6.45, 7) is 14.5. The van der Waals surface area contributed by atoms with E-state index in [4.69, 9.17) is 0 Å². The maximum absolute atomic E-state index is 2.79. The molecule has 11 aromatic rings. The molecule has 0 bridgehead atoms. The summed E-state index contributed by atoms with van der Waals surface area (Å²) in [4.78, 5) is 0. The molecular formula is C65H51BN2. The van der Waals surface area contributed by atoms with Gasteiger partial charge < -0.3 is 9.13 Å². The maximum atomic E-state index is 2.79. The Labute approximate surface area is 398 Å². The second-order valence-electron chi connectivity index (χ2n) is 21.2. The third-order valence-corrected chi connectivity index (χ3v) is 17.5. The minimum absolute atomic E-state index is 0.0126. The third kappa shape index (κ3) is 4.56. The zero-order valence-corrected chi connectivity index (χ0v) is 39.5. The summed E-state index contributed by atoms with van der Waals surface area (Å²) >= 11 is 0. The molecule has 0 N–H and O–H groups in total. The first-order chi connectivity index (χ1) is 33.3. The zero-order valence-electron chi connectivity index (χ0n) is 39.5. The van der Waals surface area contributed by atoms with Gasteiger partial charge in [0.15, 0.2) is 0 Å². The van der Waals surface area contributed by atoms with Crippen molar-refractivity contribution in [2.75, 3.05) is 0 Å². The minimum Gasteiger partial charge on any atom is -0.310 e. The second kappa shape index (κ2) is 13.4. The average molecular weight is 871 g/mol. The van der Waals surface area contributed by atoms with Crippen molar-refractivity contribution in [2.45, 2.75) is 58.8 Å². The summed E-state index contributed by atoms with van der Waals surface area (Å²) in [5.41, 5.74) is 26.6. The van der Waals surface area contributed by atoms with Crippen LogP contribution in [0, 0.1) is 11.8 Å². The molecule has 5 heterocycles. The lowest BCUT2D eigenvalue weighted by molar-refractivity contribution is 0.534. The summed E-state index contributed by atoms with van der Waals surface area (Å²) in [7, 11) is 0. The fraction of sp³-hybridized carbons (Fsp3) is 0.169. The first-order valence-corrected chi connectivity index (χ1v) is 25.0. The van der Waals surface area contributed by atoms with Gasteiger partial charge in [-0.25, -0.2) is 0 Å². The van der Waals surface area contributed by atoms with Gasteiger partial charge in [-0.05, 0) is 131 Å². The average Bonchev–Trinajstić information content (AvgIpc) is 4.00. The predicted molar refractivity (Wildman–Crippen MR) is 288 cm³/mol. The quantitative estimate of drug-likeness (QED) is 0.147. The van der Waals surface area contributed by atoms with Gasteiger partial charge in [0.05, 0.1) is 22.1 Å². The van der Waals surface area contributed by atoms with Crippen molar-refractivity contribution in [3.63, 3.8) is 0 Å². The molecule has 2 aromatic heterocycles. The molecule has 15 rings (SSSR count). The standard InChI is InChI=1S/C65H51BN2/c1-36(2)38(5)43-32-48-49-33-44(39(6)37(3)4)35-55-62(49)68-61(48)54(34-43)65(51-27-17-15-25-46(51)47-26-16-18-28-52(47)65)53-29-30-56-59(64(53)68)66(55)58-45-24-14-13-23-42(45)31-50-57(40-19-9-7-10-20-40)60(67(56)63(50)58)41-21-11-8-12-22-41/h7-39H,1-6H3. The fourth-order valence-electron chi connectivity index (χ4n) is 13.9. The maximum Gasteiger partial charge on any atom is 0.253 e. The molecule has 0 amide bonds. The SMILES string of the molecule is CC(C)C(C)c1cc2c3c(c1)c1cc(C(C)C(C)C)cc4c1n3-c1c(ccc3c1B2c1c2ccccc2cc2c(-c5ccccc5)c(-c5ccccc5)n-3c12)C41c2ccccc2-c2ccccc21. The van der Waals surface area contributed by atoms with E-state index < -0.39 is 5.41 Å². The van der Waals surface area contributed by atoms with E-state index in [1.54, 1.807) is 0 Å². The Morgan fingerprint density at radius 3 is 1.69 bits per heavy atom. The molecule has 3 aliphatic heterocycles. The van der Waals surface area contributed by atoms with Crippen LogP contribution < -0.4 is 16.4 Å². The lowest BCUT2D eigenvalue weighted by Gasteiger charge is -2.44. The molecule has 0 saturated carbocycles. The number of fused-ring (bicyclic) bond motifs is 13. The van der Waals surface area contributed by atoms with Crippen LogP contribution in [0.1, 0.15) is 86.8 Å². The Hall–Kier alpha value is -7.36. The fourth-order valence-corrected chi connectivity index (χ4v) is 13.9. The molecule has 0 fully saturated rings. The molecule has 68 heavy (non-hydrogen) atoms. The number of aromatic nitrogens is 2. The first kappa shape index (κ1) is 38.7. The number of hydrogen-bond acceptors (Lipinski definition) is 0. The van der Waals surface area contributed by atoms with Gasteiger partial charge in [-0.3, -0.25) is 0 Å². The van der Waals surface area contributed by atoms with E-state index in [0.29, 0.717) is 23.7 Å². The molecule has 2 atom stereocenters. The van der Waals surface area contributed by atoms with Crippen molar-refractivity contribution in [1.29, 1.82) is 0 Å². The lowest BCUT2D eigenvalue weighted by atomic mass is 9.33. The van der Waals surface area contributed by atoms with Gasteiger partial charge in [0.25, 0.3) is 6.71 Å². The summed E-state index contributed by atoms with van der Waals surface area (Å²) in [5, 5.41) is 6.72. The van der Waals surface area contributed by atoms with Crippen LogP contribution in [0.15, 0.2) is 176 Å². The smallest absolute Gasteiger partial charge is 0.253 e. The van der Waals surface area contributed by atoms with Gasteiger partial charge in [-0.2, -0.15) is 0 Å². The van der Waals surface area contributed by atoms with Crippen molar-refractivity contribution in [3.05, 3.63) is 209 Å². The van der Waals surface area contributed by atoms with Crippen LogP contribution in [-0.2, 0) is 5.41 Å². The largest absolute Gasteiger partial charge is 0.310 e. The predicted octanol–water partition coefficient (Wildman–Crippen LogP) is 14.6. The highest BCUT2D eigenvalue weighted by atomic mass is 15.1. The summed E-state index contributed by atoms with van der Waals surface area (Å²) in [6, 6.07) is 68.5. The molecule has 324 valence electrons. The molecule has 2 nitrogen and oxygen atoms in total. The van der Waals surface area contributed by atoms with Crippen molar-refractivity contribution in [1.82, 2.24) is 9.13 Å². The Morgan fingerprint density at radius 1 is 0.426 bits per heavy atom. The highest BCUT2D eigenvalue weighted by Crippen LogP contribution is 2.62. The van der Waals surface area contributed by atoms with Gasteiger partial charge in [-0.15, -0.1) is 0 Å². The van der Waals surface area contributed by atoms with Gasteiger partial charge in [-0.1, -0.05) is 193 Å². The first-order valence-electron chi connectivity index (χ1n) is 25.0.